The summed E-state index contributed by atoms with van der Waals surface area (Å²) in [4.78, 5) is 10.9. The van der Waals surface area contributed by atoms with E-state index in [9.17, 15) is 4.79 Å². The minimum Gasteiger partial charge on any atom is -0.478 e. The van der Waals surface area contributed by atoms with Gasteiger partial charge in [0.2, 0.25) is 0 Å². The molecule has 0 aliphatic heterocycles. The molecule has 2 heteroatoms. The van der Waals surface area contributed by atoms with Gasteiger partial charge < -0.3 is 5.11 Å². The summed E-state index contributed by atoms with van der Waals surface area (Å²) in [6, 6.07) is 0. The summed E-state index contributed by atoms with van der Waals surface area (Å²) in [6.07, 6.45) is 12.2. The first-order chi connectivity index (χ1) is 9.83. The lowest BCUT2D eigenvalue weighted by Crippen LogP contribution is -2.49. The first-order valence-electron chi connectivity index (χ1n) is 8.44. The standard InChI is InChI=1S/C19H28O2/c1-18(2)9-4-10-19(3)15-7-5-13(12-17(20)21)11-14(15)6-8-16(18)19/h6,12,15-16H,4-5,7-11H2,1-3H3,(H,20,21). The summed E-state index contributed by atoms with van der Waals surface area (Å²) in [5.74, 6) is 0.682. The van der Waals surface area contributed by atoms with Crippen molar-refractivity contribution in [2.75, 3.05) is 0 Å². The van der Waals surface area contributed by atoms with Crippen LogP contribution in [0.4, 0.5) is 0 Å². The Bertz CT molecular complexity index is 512. The Balaban J connectivity index is 1.90. The molecule has 0 spiro atoms. The van der Waals surface area contributed by atoms with Gasteiger partial charge in [0.05, 0.1) is 0 Å². The van der Waals surface area contributed by atoms with Crippen molar-refractivity contribution in [3.8, 4) is 0 Å². The van der Waals surface area contributed by atoms with Crippen molar-refractivity contribution in [2.45, 2.75) is 65.7 Å². The van der Waals surface area contributed by atoms with Gasteiger partial charge in [-0.1, -0.05) is 44.4 Å². The van der Waals surface area contributed by atoms with Crippen LogP contribution in [-0.4, -0.2) is 11.1 Å². The predicted molar refractivity (Wildman–Crippen MR) is 85.0 cm³/mol. The van der Waals surface area contributed by atoms with E-state index in [0.29, 0.717) is 16.7 Å². The summed E-state index contributed by atoms with van der Waals surface area (Å²) >= 11 is 0. The van der Waals surface area contributed by atoms with Crippen LogP contribution in [0.3, 0.4) is 0 Å². The summed E-state index contributed by atoms with van der Waals surface area (Å²) in [7, 11) is 0. The largest absolute Gasteiger partial charge is 0.478 e. The van der Waals surface area contributed by atoms with Gasteiger partial charge in [-0.3, -0.25) is 0 Å². The average Bonchev–Trinajstić information content (AvgIpc) is 2.36. The monoisotopic (exact) mass is 288 g/mol. The van der Waals surface area contributed by atoms with Crippen molar-refractivity contribution in [1.29, 1.82) is 0 Å². The molecule has 0 aromatic heterocycles. The fraction of sp³-hybridized carbons (Fsp3) is 0.737. The Morgan fingerprint density at radius 3 is 2.81 bits per heavy atom. The highest BCUT2D eigenvalue weighted by molar-refractivity contribution is 5.80. The van der Waals surface area contributed by atoms with E-state index in [-0.39, 0.29) is 0 Å². The molecule has 0 aromatic carbocycles. The molecule has 2 fully saturated rings. The lowest BCUT2D eigenvalue weighted by Gasteiger charge is -2.58. The van der Waals surface area contributed by atoms with Gasteiger partial charge in [0, 0.05) is 6.08 Å². The lowest BCUT2D eigenvalue weighted by atomic mass is 9.47. The molecule has 2 saturated carbocycles. The van der Waals surface area contributed by atoms with Crippen LogP contribution < -0.4 is 0 Å². The molecule has 0 saturated heterocycles. The quantitative estimate of drug-likeness (QED) is 0.547. The van der Waals surface area contributed by atoms with Crippen LogP contribution in [0.15, 0.2) is 23.3 Å². The number of carboxylic acids is 1. The van der Waals surface area contributed by atoms with Gasteiger partial charge in [0.15, 0.2) is 0 Å². The number of hydrogen-bond donors (Lipinski definition) is 1. The molecule has 2 nitrogen and oxygen atoms in total. The number of allylic oxidation sites excluding steroid dienone is 3. The molecule has 3 aliphatic rings. The summed E-state index contributed by atoms with van der Waals surface area (Å²) in [6.45, 7) is 7.42. The molecule has 0 radical (unpaired) electrons. The minimum atomic E-state index is -0.789. The first-order valence-corrected chi connectivity index (χ1v) is 8.44. The second kappa shape index (κ2) is 5.00. The van der Waals surface area contributed by atoms with Gasteiger partial charge in [0.25, 0.3) is 0 Å². The van der Waals surface area contributed by atoms with E-state index in [1.165, 1.54) is 37.3 Å². The Labute approximate surface area is 128 Å². The van der Waals surface area contributed by atoms with Crippen molar-refractivity contribution < 1.29 is 9.90 Å². The fourth-order valence-corrected chi connectivity index (χ4v) is 5.69. The highest BCUT2D eigenvalue weighted by Crippen LogP contribution is 2.62. The van der Waals surface area contributed by atoms with Crippen LogP contribution in [0, 0.1) is 22.7 Å². The van der Waals surface area contributed by atoms with Crippen molar-refractivity contribution in [3.05, 3.63) is 23.3 Å². The van der Waals surface area contributed by atoms with E-state index >= 15 is 0 Å². The second-order valence-corrected chi connectivity index (χ2v) is 8.32. The summed E-state index contributed by atoms with van der Waals surface area (Å²) in [5.41, 5.74) is 3.53. The molecule has 3 unspecified atom stereocenters. The van der Waals surface area contributed by atoms with E-state index in [4.69, 9.17) is 5.11 Å². The molecule has 0 amide bonds. The summed E-state index contributed by atoms with van der Waals surface area (Å²) < 4.78 is 0. The van der Waals surface area contributed by atoms with Crippen LogP contribution in [0.2, 0.25) is 0 Å². The Hall–Kier alpha value is -1.05. The SMILES string of the molecule is CC1(C)CCCC2(C)C3CCC(=CC(=O)O)CC3=CCC12. The zero-order valence-corrected chi connectivity index (χ0v) is 13.6. The fourth-order valence-electron chi connectivity index (χ4n) is 5.69. The highest BCUT2D eigenvalue weighted by atomic mass is 16.4. The van der Waals surface area contributed by atoms with E-state index in [1.54, 1.807) is 0 Å². The Morgan fingerprint density at radius 1 is 1.33 bits per heavy atom. The maximum absolute atomic E-state index is 10.9. The molecular weight excluding hydrogens is 260 g/mol. The Kier molecular flexibility index (Phi) is 3.54. The van der Waals surface area contributed by atoms with Crippen molar-refractivity contribution >= 4 is 5.97 Å². The number of rotatable bonds is 1. The van der Waals surface area contributed by atoms with Crippen LogP contribution in [0.25, 0.3) is 0 Å². The van der Waals surface area contributed by atoms with E-state index in [0.717, 1.165) is 30.8 Å². The topological polar surface area (TPSA) is 37.3 Å². The zero-order valence-electron chi connectivity index (χ0n) is 13.6. The molecular formula is C19H28O2. The van der Waals surface area contributed by atoms with Crippen LogP contribution in [0.1, 0.15) is 65.7 Å². The predicted octanol–water partition coefficient (Wildman–Crippen LogP) is 4.96. The first kappa shape index (κ1) is 14.9. The maximum Gasteiger partial charge on any atom is 0.328 e. The van der Waals surface area contributed by atoms with Crippen LogP contribution in [-0.2, 0) is 4.79 Å². The van der Waals surface area contributed by atoms with Gasteiger partial charge >= 0.3 is 5.97 Å². The summed E-state index contributed by atoms with van der Waals surface area (Å²) in [5, 5.41) is 8.97. The van der Waals surface area contributed by atoms with Crippen molar-refractivity contribution in [2.24, 2.45) is 22.7 Å². The van der Waals surface area contributed by atoms with Gasteiger partial charge in [0.1, 0.15) is 0 Å². The third-order valence-electron chi connectivity index (χ3n) is 6.65. The molecule has 0 aromatic rings. The van der Waals surface area contributed by atoms with E-state index in [2.05, 4.69) is 26.8 Å². The van der Waals surface area contributed by atoms with Crippen LogP contribution in [0.5, 0.6) is 0 Å². The lowest BCUT2D eigenvalue weighted by molar-refractivity contribution is -0.131. The third kappa shape index (κ3) is 2.47. The minimum absolute atomic E-state index is 0.431. The number of aliphatic carboxylic acids is 1. The maximum atomic E-state index is 10.9. The molecule has 21 heavy (non-hydrogen) atoms. The second-order valence-electron chi connectivity index (χ2n) is 8.32. The highest BCUT2D eigenvalue weighted by Gasteiger charge is 2.52. The molecule has 0 heterocycles. The van der Waals surface area contributed by atoms with Gasteiger partial charge in [-0.25, -0.2) is 4.79 Å². The van der Waals surface area contributed by atoms with Crippen molar-refractivity contribution in [1.82, 2.24) is 0 Å². The van der Waals surface area contributed by atoms with Gasteiger partial charge in [-0.05, 0) is 61.2 Å². The normalized spacial score (nSPS) is 40.1. The number of hydrogen-bond acceptors (Lipinski definition) is 1. The molecule has 116 valence electrons. The van der Waals surface area contributed by atoms with E-state index in [1.807, 2.05) is 0 Å². The molecule has 3 atom stereocenters. The number of fused-ring (bicyclic) bond motifs is 3. The molecule has 3 rings (SSSR count). The molecule has 3 aliphatic carbocycles. The van der Waals surface area contributed by atoms with Gasteiger partial charge in [-0.2, -0.15) is 0 Å². The number of carboxylic acid groups (broad SMARTS) is 1. The van der Waals surface area contributed by atoms with E-state index < -0.39 is 5.97 Å². The number of carbonyl (C=O) groups is 1. The van der Waals surface area contributed by atoms with Gasteiger partial charge in [-0.15, -0.1) is 0 Å². The average molecular weight is 288 g/mol. The third-order valence-corrected chi connectivity index (χ3v) is 6.65. The molecule has 0 bridgehead atoms. The Morgan fingerprint density at radius 2 is 2.10 bits per heavy atom. The zero-order chi connectivity index (χ0) is 15.3. The molecule has 1 N–H and O–H groups in total. The smallest absolute Gasteiger partial charge is 0.328 e. The van der Waals surface area contributed by atoms with Crippen molar-refractivity contribution in [3.63, 3.8) is 0 Å². The van der Waals surface area contributed by atoms with Crippen LogP contribution >= 0.6 is 0 Å².